The molecule has 0 saturated carbocycles. The highest BCUT2D eigenvalue weighted by Crippen LogP contribution is 2.17. The molecule has 0 rings (SSSR count). The van der Waals surface area contributed by atoms with Crippen molar-refractivity contribution in [3.8, 4) is 0 Å². The summed E-state index contributed by atoms with van der Waals surface area (Å²) in [5, 5.41) is 23.8. The van der Waals surface area contributed by atoms with Crippen LogP contribution in [0.4, 0.5) is 0 Å². The van der Waals surface area contributed by atoms with Gasteiger partial charge in [0.25, 0.3) is 0 Å². The minimum absolute atomic E-state index is 0.0422. The smallest absolute Gasteiger partial charge is 0.306 e. The van der Waals surface area contributed by atoms with Gasteiger partial charge in [-0.25, -0.2) is 0 Å². The van der Waals surface area contributed by atoms with Gasteiger partial charge >= 0.3 is 5.97 Å². The highest BCUT2D eigenvalue weighted by molar-refractivity contribution is 5.77. The second kappa shape index (κ2) is 49.8. The van der Waals surface area contributed by atoms with E-state index in [9.17, 15) is 19.8 Å². The van der Waals surface area contributed by atoms with Gasteiger partial charge in [0, 0.05) is 6.42 Å². The molecule has 0 bridgehead atoms. The third-order valence-corrected chi connectivity index (χ3v) is 12.2. The lowest BCUT2D eigenvalue weighted by atomic mass is 10.0. The molecule has 62 heavy (non-hydrogen) atoms. The third kappa shape index (κ3) is 44.4. The van der Waals surface area contributed by atoms with Crippen molar-refractivity contribution >= 4 is 11.9 Å². The fourth-order valence-corrected chi connectivity index (χ4v) is 8.05. The average Bonchev–Trinajstić information content (AvgIpc) is 3.26. The normalized spacial score (nSPS) is 13.6. The van der Waals surface area contributed by atoms with Gasteiger partial charge in [-0.15, -0.1) is 0 Å². The van der Waals surface area contributed by atoms with Crippen LogP contribution in [-0.2, 0) is 14.3 Å². The van der Waals surface area contributed by atoms with Crippen LogP contribution in [0.2, 0.25) is 0 Å². The lowest BCUT2D eigenvalue weighted by Crippen LogP contribution is -2.46. The summed E-state index contributed by atoms with van der Waals surface area (Å²) in [6.07, 6.45) is 60.3. The topological polar surface area (TPSA) is 95.9 Å². The predicted molar refractivity (Wildman–Crippen MR) is 269 cm³/mol. The number of aliphatic hydroxyl groups is 2. The summed E-state index contributed by atoms with van der Waals surface area (Å²) in [4.78, 5) is 26.2. The number of allylic oxidation sites excluding steroid dienone is 8. The second-order valence-corrected chi connectivity index (χ2v) is 18.3. The molecule has 0 heterocycles. The molecule has 0 saturated heterocycles. The van der Waals surface area contributed by atoms with Crippen molar-refractivity contribution in [2.75, 3.05) is 6.61 Å². The first-order valence-corrected chi connectivity index (χ1v) is 26.9. The van der Waals surface area contributed by atoms with Crippen molar-refractivity contribution in [3.63, 3.8) is 0 Å². The van der Waals surface area contributed by atoms with Gasteiger partial charge in [-0.2, -0.15) is 0 Å². The van der Waals surface area contributed by atoms with E-state index in [1.807, 2.05) is 0 Å². The molecular formula is C56H103NO5. The summed E-state index contributed by atoms with van der Waals surface area (Å²) in [7, 11) is 0. The Morgan fingerprint density at radius 1 is 0.484 bits per heavy atom. The molecule has 6 heteroatoms. The van der Waals surface area contributed by atoms with Crippen LogP contribution in [0.25, 0.3) is 0 Å². The maximum Gasteiger partial charge on any atom is 0.306 e. The summed E-state index contributed by atoms with van der Waals surface area (Å²) in [6.45, 7) is 6.45. The fraction of sp³-hybridized carbons (Fsp3) is 0.821. The van der Waals surface area contributed by atoms with Gasteiger partial charge in [0.1, 0.15) is 6.10 Å². The Hall–Kier alpha value is -2.18. The Bertz CT molecular complexity index is 1070. The van der Waals surface area contributed by atoms with E-state index in [1.165, 1.54) is 154 Å². The number of hydrogen-bond donors (Lipinski definition) is 3. The van der Waals surface area contributed by atoms with E-state index >= 15 is 0 Å². The van der Waals surface area contributed by atoms with Crippen LogP contribution in [-0.4, -0.2) is 46.9 Å². The first-order chi connectivity index (χ1) is 30.5. The molecule has 0 aromatic rings. The van der Waals surface area contributed by atoms with Gasteiger partial charge in [0.05, 0.1) is 25.2 Å². The van der Waals surface area contributed by atoms with Gasteiger partial charge in [-0.1, -0.05) is 230 Å². The van der Waals surface area contributed by atoms with Gasteiger partial charge in [0.15, 0.2) is 0 Å². The third-order valence-electron chi connectivity index (χ3n) is 12.2. The Kier molecular flexibility index (Phi) is 48.1. The molecule has 3 atom stereocenters. The summed E-state index contributed by atoms with van der Waals surface area (Å²) in [6, 6.07) is -0.717. The second-order valence-electron chi connectivity index (χ2n) is 18.3. The number of aliphatic hydroxyl groups excluding tert-OH is 2. The lowest BCUT2D eigenvalue weighted by molar-refractivity contribution is -0.151. The summed E-state index contributed by atoms with van der Waals surface area (Å²) in [5.41, 5.74) is 0. The molecule has 0 spiro atoms. The highest BCUT2D eigenvalue weighted by Gasteiger charge is 2.24. The highest BCUT2D eigenvalue weighted by atomic mass is 16.5. The fourth-order valence-electron chi connectivity index (χ4n) is 8.05. The van der Waals surface area contributed by atoms with Crippen molar-refractivity contribution in [3.05, 3.63) is 48.6 Å². The van der Waals surface area contributed by atoms with Crippen molar-refractivity contribution in [2.24, 2.45) is 0 Å². The average molecular weight is 870 g/mol. The first kappa shape index (κ1) is 59.8. The molecular weight excluding hydrogens is 767 g/mol. The molecule has 3 unspecified atom stereocenters. The Balaban J connectivity index is 4.63. The zero-order chi connectivity index (χ0) is 45.2. The van der Waals surface area contributed by atoms with Crippen molar-refractivity contribution in [2.45, 2.75) is 289 Å². The molecule has 0 aromatic carbocycles. The predicted octanol–water partition coefficient (Wildman–Crippen LogP) is 16.2. The number of unbranched alkanes of at least 4 members (excludes halogenated alkanes) is 29. The summed E-state index contributed by atoms with van der Waals surface area (Å²) < 4.78 is 5.91. The zero-order valence-corrected chi connectivity index (χ0v) is 41.3. The number of hydrogen-bond acceptors (Lipinski definition) is 5. The van der Waals surface area contributed by atoms with Crippen LogP contribution >= 0.6 is 0 Å². The number of carbonyl (C=O) groups is 2. The van der Waals surface area contributed by atoms with Crippen molar-refractivity contribution in [1.82, 2.24) is 5.32 Å². The number of amides is 1. The maximum atomic E-state index is 13.2. The van der Waals surface area contributed by atoms with Crippen LogP contribution in [0.5, 0.6) is 0 Å². The monoisotopic (exact) mass is 870 g/mol. The van der Waals surface area contributed by atoms with Crippen LogP contribution in [0, 0.1) is 0 Å². The molecule has 0 aliphatic carbocycles. The minimum atomic E-state index is -0.800. The van der Waals surface area contributed by atoms with Crippen LogP contribution in [0.3, 0.4) is 0 Å². The van der Waals surface area contributed by atoms with Crippen molar-refractivity contribution < 1.29 is 24.5 Å². The number of carbonyl (C=O) groups excluding carboxylic acids is 2. The summed E-state index contributed by atoms with van der Waals surface area (Å²) in [5.74, 6) is -0.524. The minimum Gasteiger partial charge on any atom is -0.462 e. The molecule has 0 aliphatic rings. The molecule has 6 nitrogen and oxygen atoms in total. The number of esters is 1. The summed E-state index contributed by atoms with van der Waals surface area (Å²) >= 11 is 0. The van der Waals surface area contributed by atoms with Gasteiger partial charge in [-0.3, -0.25) is 9.59 Å². The van der Waals surface area contributed by atoms with Gasteiger partial charge < -0.3 is 20.3 Å². The van der Waals surface area contributed by atoms with E-state index < -0.39 is 18.2 Å². The molecule has 0 aromatic heterocycles. The molecule has 0 aliphatic heterocycles. The number of rotatable bonds is 48. The Labute approximate surface area is 385 Å². The van der Waals surface area contributed by atoms with E-state index in [0.717, 1.165) is 70.6 Å². The van der Waals surface area contributed by atoms with Crippen LogP contribution in [0.1, 0.15) is 271 Å². The van der Waals surface area contributed by atoms with Gasteiger partial charge in [0.2, 0.25) is 5.91 Å². The molecule has 362 valence electrons. The number of nitrogens with one attached hydrogen (secondary N) is 1. The van der Waals surface area contributed by atoms with E-state index in [1.54, 1.807) is 0 Å². The van der Waals surface area contributed by atoms with Crippen molar-refractivity contribution in [1.29, 1.82) is 0 Å². The van der Waals surface area contributed by atoms with Crippen LogP contribution in [0.15, 0.2) is 48.6 Å². The first-order valence-electron chi connectivity index (χ1n) is 26.9. The SMILES string of the molecule is CCCCC/C=C\C/C=C\CCCCCCCCCC(=O)OC(CCC/C=C/C=C/CCCCCCCCC)CC(=O)NC(CO)C(O)CCCCCCCCCCCCCC. The van der Waals surface area contributed by atoms with E-state index in [2.05, 4.69) is 74.7 Å². The van der Waals surface area contributed by atoms with Gasteiger partial charge in [-0.05, 0) is 77.0 Å². The Morgan fingerprint density at radius 2 is 0.887 bits per heavy atom. The standard InChI is InChI=1S/C56H103NO5/c1-4-7-10-13-16-19-22-25-27-28-29-31-34-37-40-43-46-49-56(61)62-52(47-44-41-38-35-32-30-26-23-20-17-14-11-8-5-2)50-55(60)57-53(51-58)54(59)48-45-42-39-36-33-24-21-18-15-12-9-6-3/h16,19,25,27,30,32,35,38,52-54,58-59H,4-15,17-18,20-24,26,28-29,31,33-34,36-37,39-51H2,1-3H3,(H,57,60)/b19-16-,27-25-,32-30+,38-35+. The molecule has 1 amide bonds. The number of ether oxygens (including phenoxy) is 1. The molecule has 3 N–H and O–H groups in total. The van der Waals surface area contributed by atoms with E-state index in [-0.39, 0.29) is 24.9 Å². The van der Waals surface area contributed by atoms with Crippen LogP contribution < -0.4 is 5.32 Å². The quantitative estimate of drug-likeness (QED) is 0.0245. The Morgan fingerprint density at radius 3 is 1.39 bits per heavy atom. The van der Waals surface area contributed by atoms with E-state index in [4.69, 9.17) is 4.74 Å². The molecule has 0 fully saturated rings. The zero-order valence-electron chi connectivity index (χ0n) is 41.3. The largest absolute Gasteiger partial charge is 0.462 e. The maximum absolute atomic E-state index is 13.2. The van der Waals surface area contributed by atoms with E-state index in [0.29, 0.717) is 19.3 Å². The molecule has 0 radical (unpaired) electrons. The lowest BCUT2D eigenvalue weighted by Gasteiger charge is -2.24.